The molecule has 0 radical (unpaired) electrons. The third-order valence-corrected chi connectivity index (χ3v) is 8.46. The first-order chi connectivity index (χ1) is 17.7. The number of piperidine rings is 1. The molecule has 196 valence electrons. The standard InChI is InChI=1S/C28H33N3O6/c1-27(2,30-25(32)35-15-17-6-4-3-5-7-17)19-8-22(36-16-28-10-18(11-28)12-28)29-23(9-19)37-24-20-13-31(26(33)34)14-21(20)24/h3-9,18,20-21,24H,10-16H2,1-2H3,(H,30,32)(H,33,34)/t18?,20-,21+,24-,28?. The van der Waals surface area contributed by atoms with Crippen LogP contribution in [-0.4, -0.2) is 53.0 Å². The van der Waals surface area contributed by atoms with Crippen molar-refractivity contribution in [3.05, 3.63) is 53.6 Å². The summed E-state index contributed by atoms with van der Waals surface area (Å²) in [6.07, 6.45) is 2.21. The van der Waals surface area contributed by atoms with Gasteiger partial charge in [-0.2, -0.15) is 4.98 Å². The van der Waals surface area contributed by atoms with Crippen LogP contribution in [0.3, 0.4) is 0 Å². The van der Waals surface area contributed by atoms with Crippen LogP contribution < -0.4 is 14.8 Å². The van der Waals surface area contributed by atoms with Crippen LogP contribution in [0.4, 0.5) is 9.59 Å². The lowest BCUT2D eigenvalue weighted by atomic mass is 9.45. The van der Waals surface area contributed by atoms with Gasteiger partial charge < -0.3 is 29.5 Å². The molecule has 7 rings (SSSR count). The number of fused-ring (bicyclic) bond motifs is 1. The Hall–Kier alpha value is -3.49. The Kier molecular flexibility index (Phi) is 5.69. The lowest BCUT2D eigenvalue weighted by Gasteiger charge is -2.61. The van der Waals surface area contributed by atoms with Crippen LogP contribution in [0, 0.1) is 23.2 Å². The maximum atomic E-state index is 12.6. The molecule has 3 atom stereocenters. The van der Waals surface area contributed by atoms with Gasteiger partial charge in [-0.15, -0.1) is 0 Å². The Balaban J connectivity index is 1.14. The minimum atomic E-state index is -0.887. The molecule has 1 aliphatic heterocycles. The normalized spacial score (nSPS) is 28.9. The van der Waals surface area contributed by atoms with E-state index in [0.717, 1.165) is 17.0 Å². The van der Waals surface area contributed by atoms with Gasteiger partial charge in [0, 0.05) is 42.5 Å². The number of carboxylic acid groups (broad SMARTS) is 1. The monoisotopic (exact) mass is 507 g/mol. The molecule has 1 saturated heterocycles. The molecule has 9 heteroatoms. The van der Waals surface area contributed by atoms with Crippen molar-refractivity contribution in [3.63, 3.8) is 0 Å². The molecule has 2 N–H and O–H groups in total. The lowest BCUT2D eigenvalue weighted by Crippen LogP contribution is -2.55. The summed E-state index contributed by atoms with van der Waals surface area (Å²) in [7, 11) is 0. The zero-order valence-electron chi connectivity index (χ0n) is 21.2. The fourth-order valence-corrected chi connectivity index (χ4v) is 6.07. The number of nitrogens with zero attached hydrogens (tertiary/aromatic N) is 2. The smallest absolute Gasteiger partial charge is 0.408 e. The first-order valence-electron chi connectivity index (χ1n) is 13.0. The minimum Gasteiger partial charge on any atom is -0.477 e. The lowest BCUT2D eigenvalue weighted by molar-refractivity contribution is -0.132. The summed E-state index contributed by atoms with van der Waals surface area (Å²) >= 11 is 0. The van der Waals surface area contributed by atoms with E-state index in [4.69, 9.17) is 14.2 Å². The van der Waals surface area contributed by atoms with Crippen LogP contribution in [0.25, 0.3) is 0 Å². The summed E-state index contributed by atoms with van der Waals surface area (Å²) in [6.45, 7) is 5.58. The average Bonchev–Trinajstić information content (AvgIpc) is 3.22. The molecule has 1 aromatic carbocycles. The second-order valence-corrected chi connectivity index (χ2v) is 11.7. The van der Waals surface area contributed by atoms with Gasteiger partial charge in [0.15, 0.2) is 0 Å². The summed E-state index contributed by atoms with van der Waals surface area (Å²) < 4.78 is 17.8. The number of amides is 2. The molecular formula is C28H33N3O6. The molecule has 0 unspecified atom stereocenters. The predicted molar refractivity (Wildman–Crippen MR) is 133 cm³/mol. The molecule has 2 aromatic rings. The molecule has 1 aromatic heterocycles. The third-order valence-electron chi connectivity index (χ3n) is 8.46. The van der Waals surface area contributed by atoms with E-state index < -0.39 is 17.7 Å². The zero-order chi connectivity index (χ0) is 25.8. The van der Waals surface area contributed by atoms with Gasteiger partial charge in [0.05, 0.1) is 12.1 Å². The number of carbonyl (C=O) groups excluding carboxylic acids is 1. The molecule has 5 aliphatic rings. The van der Waals surface area contributed by atoms with Gasteiger partial charge >= 0.3 is 12.2 Å². The van der Waals surface area contributed by atoms with Crippen molar-refractivity contribution in [3.8, 4) is 11.8 Å². The highest BCUT2D eigenvalue weighted by Gasteiger charge is 2.59. The molecule has 9 nitrogen and oxygen atoms in total. The highest BCUT2D eigenvalue weighted by molar-refractivity contribution is 5.68. The second-order valence-electron chi connectivity index (χ2n) is 11.7. The summed E-state index contributed by atoms with van der Waals surface area (Å²) in [5.41, 5.74) is 1.23. The molecular weight excluding hydrogens is 474 g/mol. The van der Waals surface area contributed by atoms with Gasteiger partial charge in [-0.3, -0.25) is 0 Å². The average molecular weight is 508 g/mol. The van der Waals surface area contributed by atoms with E-state index in [0.29, 0.717) is 36.9 Å². The Morgan fingerprint density at radius 2 is 1.78 bits per heavy atom. The molecule has 4 aliphatic carbocycles. The van der Waals surface area contributed by atoms with Crippen molar-refractivity contribution in [1.29, 1.82) is 0 Å². The number of carbonyl (C=O) groups is 2. The van der Waals surface area contributed by atoms with Gasteiger partial charge in [-0.1, -0.05) is 30.3 Å². The van der Waals surface area contributed by atoms with E-state index in [1.165, 1.54) is 24.2 Å². The van der Waals surface area contributed by atoms with E-state index in [1.54, 1.807) is 0 Å². The number of ether oxygens (including phenoxy) is 3. The van der Waals surface area contributed by atoms with Crippen LogP contribution in [-0.2, 0) is 16.9 Å². The van der Waals surface area contributed by atoms with E-state index in [2.05, 4.69) is 10.3 Å². The van der Waals surface area contributed by atoms with E-state index in [-0.39, 0.29) is 24.5 Å². The molecule has 2 amide bonds. The van der Waals surface area contributed by atoms with Gasteiger partial charge in [0.2, 0.25) is 11.8 Å². The number of rotatable bonds is 9. The molecule has 4 saturated carbocycles. The predicted octanol–water partition coefficient (Wildman–Crippen LogP) is 4.41. The van der Waals surface area contributed by atoms with Crippen molar-refractivity contribution in [2.45, 2.75) is 51.4 Å². The number of aromatic nitrogens is 1. The number of hydrogen-bond donors (Lipinski definition) is 2. The topological polar surface area (TPSA) is 110 Å². The fraction of sp³-hybridized carbons (Fsp3) is 0.536. The Labute approximate surface area is 216 Å². The number of benzene rings is 1. The quantitative estimate of drug-likeness (QED) is 0.517. The molecule has 37 heavy (non-hydrogen) atoms. The molecule has 2 bridgehead atoms. The number of alkyl carbamates (subject to hydrolysis) is 1. The van der Waals surface area contributed by atoms with Crippen LogP contribution in [0.1, 0.15) is 44.2 Å². The number of nitrogens with one attached hydrogen (secondary N) is 1. The third kappa shape index (κ3) is 4.79. The maximum Gasteiger partial charge on any atom is 0.408 e. The van der Waals surface area contributed by atoms with Crippen LogP contribution in [0.15, 0.2) is 42.5 Å². The van der Waals surface area contributed by atoms with Gasteiger partial charge in [-0.05, 0) is 50.2 Å². The number of hydrogen-bond acceptors (Lipinski definition) is 6. The molecule has 0 spiro atoms. The summed E-state index contributed by atoms with van der Waals surface area (Å²) in [5, 5.41) is 12.2. The van der Waals surface area contributed by atoms with Gasteiger partial charge in [0.1, 0.15) is 12.7 Å². The van der Waals surface area contributed by atoms with E-state index >= 15 is 0 Å². The van der Waals surface area contributed by atoms with Crippen LogP contribution >= 0.6 is 0 Å². The number of pyridine rings is 1. The SMILES string of the molecule is CC(C)(NC(=O)OCc1ccccc1)c1cc(OCC23CC(C2)C3)nc(O[C@@H]2[C@@H]3CN(C(=O)O)C[C@@H]32)c1. The largest absolute Gasteiger partial charge is 0.477 e. The Morgan fingerprint density at radius 1 is 1.11 bits per heavy atom. The minimum absolute atomic E-state index is 0.0595. The van der Waals surface area contributed by atoms with Crippen LogP contribution in [0.2, 0.25) is 0 Å². The van der Waals surface area contributed by atoms with Crippen molar-refractivity contribution in [1.82, 2.24) is 15.2 Å². The van der Waals surface area contributed by atoms with Gasteiger partial charge in [0.25, 0.3) is 0 Å². The fourth-order valence-electron chi connectivity index (χ4n) is 6.07. The second kappa shape index (κ2) is 8.82. The summed E-state index contributed by atoms with van der Waals surface area (Å²) in [5.74, 6) is 2.14. The maximum absolute atomic E-state index is 12.6. The van der Waals surface area contributed by atoms with Crippen molar-refractivity contribution in [2.75, 3.05) is 19.7 Å². The zero-order valence-corrected chi connectivity index (χ0v) is 21.2. The summed E-state index contributed by atoms with van der Waals surface area (Å²) in [4.78, 5) is 29.9. The van der Waals surface area contributed by atoms with Crippen LogP contribution in [0.5, 0.6) is 11.8 Å². The highest BCUT2D eigenvalue weighted by atomic mass is 16.5. The molecule has 5 fully saturated rings. The van der Waals surface area contributed by atoms with Gasteiger partial charge in [-0.25, -0.2) is 9.59 Å². The first-order valence-corrected chi connectivity index (χ1v) is 13.0. The molecule has 2 heterocycles. The van der Waals surface area contributed by atoms with E-state index in [9.17, 15) is 14.7 Å². The highest BCUT2D eigenvalue weighted by Crippen LogP contribution is 2.64. The van der Waals surface area contributed by atoms with E-state index in [1.807, 2.05) is 56.3 Å². The number of likely N-dealkylation sites (tertiary alicyclic amines) is 1. The Bertz CT molecular complexity index is 1170. The Morgan fingerprint density at radius 3 is 2.41 bits per heavy atom. The van der Waals surface area contributed by atoms with Crippen molar-refractivity contribution in [2.24, 2.45) is 23.2 Å². The van der Waals surface area contributed by atoms with Crippen molar-refractivity contribution < 1.29 is 28.9 Å². The summed E-state index contributed by atoms with van der Waals surface area (Å²) in [6, 6.07) is 13.2. The van der Waals surface area contributed by atoms with Crippen molar-refractivity contribution >= 4 is 12.2 Å². The first kappa shape index (κ1) is 23.9.